The molecule has 5 heteroatoms. The second-order valence-electron chi connectivity index (χ2n) is 11.0. The lowest BCUT2D eigenvalue weighted by atomic mass is 9.60. The van der Waals surface area contributed by atoms with Gasteiger partial charge in [-0.3, -0.25) is 0 Å². The van der Waals surface area contributed by atoms with Crippen LogP contribution in [0.3, 0.4) is 0 Å². The number of hydrogen-bond donors (Lipinski definition) is 0. The van der Waals surface area contributed by atoms with Crippen LogP contribution in [0.25, 0.3) is 0 Å². The Morgan fingerprint density at radius 1 is 1.18 bits per heavy atom. The summed E-state index contributed by atoms with van der Waals surface area (Å²) >= 11 is 0. The molecule has 3 atom stereocenters. The number of rotatable bonds is 5. The van der Waals surface area contributed by atoms with Crippen molar-refractivity contribution in [2.75, 3.05) is 13.2 Å². The first kappa shape index (κ1) is 22.1. The fourth-order valence-electron chi connectivity index (χ4n) is 4.75. The van der Waals surface area contributed by atoms with E-state index in [1.807, 2.05) is 6.07 Å². The predicted octanol–water partition coefficient (Wildman–Crippen LogP) is 6.55. The molecule has 1 saturated carbocycles. The van der Waals surface area contributed by atoms with Crippen molar-refractivity contribution in [3.8, 4) is 0 Å². The fraction of sp³-hybridized carbons (Fsp3) is 0.826. The van der Waals surface area contributed by atoms with Crippen LogP contribution in [0.5, 0.6) is 0 Å². The highest BCUT2D eigenvalue weighted by Gasteiger charge is 2.54. The second-order valence-corrected chi connectivity index (χ2v) is 15.8. The lowest BCUT2D eigenvalue weighted by molar-refractivity contribution is -0.242. The van der Waals surface area contributed by atoms with E-state index in [0.29, 0.717) is 25.0 Å². The van der Waals surface area contributed by atoms with Gasteiger partial charge in [-0.1, -0.05) is 41.5 Å². The first-order valence-electron chi connectivity index (χ1n) is 10.9. The zero-order valence-electron chi connectivity index (χ0n) is 19.1. The number of hydrogen-bond acceptors (Lipinski definition) is 4. The van der Waals surface area contributed by atoms with Crippen molar-refractivity contribution in [2.24, 2.45) is 17.3 Å². The van der Waals surface area contributed by atoms with E-state index in [1.54, 1.807) is 6.26 Å². The largest absolute Gasteiger partial charge is 0.467 e. The summed E-state index contributed by atoms with van der Waals surface area (Å²) in [5.41, 5.74) is 0.210. The highest BCUT2D eigenvalue weighted by Crippen LogP contribution is 2.55. The summed E-state index contributed by atoms with van der Waals surface area (Å²) in [6.45, 7) is 20.0. The van der Waals surface area contributed by atoms with Gasteiger partial charge in [-0.05, 0) is 54.4 Å². The lowest BCUT2D eigenvalue weighted by Gasteiger charge is -2.52. The molecule has 1 unspecified atom stereocenters. The highest BCUT2D eigenvalue weighted by molar-refractivity contribution is 6.74. The molecule has 1 saturated heterocycles. The Bertz CT molecular complexity index is 638. The fourth-order valence-corrected chi connectivity index (χ4v) is 6.03. The Labute approximate surface area is 172 Å². The third-order valence-electron chi connectivity index (χ3n) is 7.77. The van der Waals surface area contributed by atoms with Gasteiger partial charge in [-0.2, -0.15) is 0 Å². The average Bonchev–Trinajstić information content (AvgIpc) is 3.25. The van der Waals surface area contributed by atoms with Crippen molar-refractivity contribution < 1.29 is 18.3 Å². The minimum Gasteiger partial charge on any atom is -0.467 e. The molecule has 0 amide bonds. The van der Waals surface area contributed by atoms with E-state index >= 15 is 0 Å². The number of furan rings is 1. The molecular formula is C23H40O4Si. The molecule has 1 aliphatic carbocycles. The van der Waals surface area contributed by atoms with E-state index in [0.717, 1.165) is 25.0 Å². The summed E-state index contributed by atoms with van der Waals surface area (Å²) in [7, 11) is -1.94. The molecule has 3 rings (SSSR count). The van der Waals surface area contributed by atoms with E-state index in [-0.39, 0.29) is 16.6 Å². The summed E-state index contributed by atoms with van der Waals surface area (Å²) in [5, 5.41) is 0.157. The Kier molecular flexibility index (Phi) is 5.97. The molecule has 1 aromatic rings. The van der Waals surface area contributed by atoms with E-state index in [2.05, 4.69) is 60.7 Å². The van der Waals surface area contributed by atoms with Gasteiger partial charge in [0.15, 0.2) is 14.1 Å². The standard InChI is InChI=1S/C23H40O4Si/c1-17-18(22(5,6)11-12-23(17)25-14-15-26-23)16-20(19-10-9-13-24-19)27-28(7,8)21(2,3)4/h9-10,13,17-18,20H,11-12,14-16H2,1-8H3/t17-,18-,20?/m0/s1. The van der Waals surface area contributed by atoms with E-state index in [4.69, 9.17) is 18.3 Å². The Morgan fingerprint density at radius 3 is 2.36 bits per heavy atom. The molecule has 160 valence electrons. The van der Waals surface area contributed by atoms with Gasteiger partial charge in [0.25, 0.3) is 0 Å². The molecule has 1 aromatic heterocycles. The van der Waals surface area contributed by atoms with Gasteiger partial charge < -0.3 is 18.3 Å². The van der Waals surface area contributed by atoms with Crippen molar-refractivity contribution in [1.29, 1.82) is 0 Å². The molecule has 2 heterocycles. The van der Waals surface area contributed by atoms with E-state index in [1.165, 1.54) is 0 Å². The smallest absolute Gasteiger partial charge is 0.193 e. The van der Waals surface area contributed by atoms with Gasteiger partial charge in [0.2, 0.25) is 0 Å². The highest BCUT2D eigenvalue weighted by atomic mass is 28.4. The zero-order chi connectivity index (χ0) is 20.8. The predicted molar refractivity (Wildman–Crippen MR) is 115 cm³/mol. The summed E-state index contributed by atoms with van der Waals surface area (Å²) in [4.78, 5) is 0. The molecule has 0 bridgehead atoms. The summed E-state index contributed by atoms with van der Waals surface area (Å²) in [5.74, 6) is 1.28. The van der Waals surface area contributed by atoms with Crippen LogP contribution in [0.4, 0.5) is 0 Å². The lowest BCUT2D eigenvalue weighted by Crippen LogP contribution is -2.52. The number of ether oxygens (including phenoxy) is 2. The average molecular weight is 409 g/mol. The van der Waals surface area contributed by atoms with Gasteiger partial charge in [-0.15, -0.1) is 0 Å². The maximum absolute atomic E-state index is 6.91. The van der Waals surface area contributed by atoms with Crippen molar-refractivity contribution in [2.45, 2.75) is 90.8 Å². The maximum atomic E-state index is 6.91. The van der Waals surface area contributed by atoms with Crippen molar-refractivity contribution in [1.82, 2.24) is 0 Å². The normalized spacial score (nSPS) is 28.6. The topological polar surface area (TPSA) is 40.8 Å². The van der Waals surface area contributed by atoms with Gasteiger partial charge in [-0.25, -0.2) is 0 Å². The Morgan fingerprint density at radius 2 is 1.82 bits per heavy atom. The van der Waals surface area contributed by atoms with Crippen LogP contribution in [0, 0.1) is 17.3 Å². The maximum Gasteiger partial charge on any atom is 0.193 e. The monoisotopic (exact) mass is 408 g/mol. The minimum absolute atomic E-state index is 0.0285. The van der Waals surface area contributed by atoms with Crippen molar-refractivity contribution in [3.63, 3.8) is 0 Å². The zero-order valence-corrected chi connectivity index (χ0v) is 20.1. The van der Waals surface area contributed by atoms with Crippen LogP contribution in [-0.4, -0.2) is 27.3 Å². The molecule has 0 aromatic carbocycles. The molecule has 2 aliphatic rings. The van der Waals surface area contributed by atoms with E-state index in [9.17, 15) is 0 Å². The van der Waals surface area contributed by atoms with Crippen LogP contribution >= 0.6 is 0 Å². The Hall–Kier alpha value is -0.623. The van der Waals surface area contributed by atoms with Crippen LogP contribution < -0.4 is 0 Å². The third-order valence-corrected chi connectivity index (χ3v) is 12.3. The first-order valence-corrected chi connectivity index (χ1v) is 13.8. The summed E-state index contributed by atoms with van der Waals surface area (Å²) in [6.07, 6.45) is 4.75. The molecule has 0 radical (unpaired) electrons. The Balaban J connectivity index is 1.88. The van der Waals surface area contributed by atoms with Gasteiger partial charge >= 0.3 is 0 Å². The van der Waals surface area contributed by atoms with Crippen LogP contribution in [0.15, 0.2) is 22.8 Å². The SMILES string of the molecule is C[C@H]1[C@H](CC(O[Si](C)(C)C(C)(C)C)c2ccco2)C(C)(C)CCC12OCCO2. The molecular weight excluding hydrogens is 368 g/mol. The molecule has 2 fully saturated rings. The van der Waals surface area contributed by atoms with E-state index < -0.39 is 14.1 Å². The van der Waals surface area contributed by atoms with Crippen molar-refractivity contribution >= 4 is 8.32 Å². The van der Waals surface area contributed by atoms with Gasteiger partial charge in [0, 0.05) is 12.3 Å². The quantitative estimate of drug-likeness (QED) is 0.518. The van der Waals surface area contributed by atoms with Crippen LogP contribution in [0.2, 0.25) is 18.1 Å². The van der Waals surface area contributed by atoms with Gasteiger partial charge in [0.05, 0.1) is 19.5 Å². The summed E-state index contributed by atoms with van der Waals surface area (Å²) < 4.78 is 25.1. The summed E-state index contributed by atoms with van der Waals surface area (Å²) in [6, 6.07) is 4.04. The van der Waals surface area contributed by atoms with Crippen molar-refractivity contribution in [3.05, 3.63) is 24.2 Å². The molecule has 1 spiro atoms. The second kappa shape index (κ2) is 7.57. The third kappa shape index (κ3) is 4.14. The molecule has 4 nitrogen and oxygen atoms in total. The molecule has 0 N–H and O–H groups in total. The molecule has 28 heavy (non-hydrogen) atoms. The molecule has 1 aliphatic heterocycles. The first-order chi connectivity index (χ1) is 12.9. The van der Waals surface area contributed by atoms with Crippen LogP contribution in [0.1, 0.15) is 72.7 Å². The van der Waals surface area contributed by atoms with Gasteiger partial charge in [0.1, 0.15) is 11.9 Å². The minimum atomic E-state index is -1.94. The van der Waals surface area contributed by atoms with Crippen LogP contribution in [-0.2, 0) is 13.9 Å².